The molecule has 0 bridgehead atoms. The fraction of sp³-hybridized carbons (Fsp3) is 0.714. The third-order valence-electron chi connectivity index (χ3n) is 4.56. The number of guanidine groups is 3. The fourth-order valence-electron chi connectivity index (χ4n) is 2.42. The number of ketones is 2. The van der Waals surface area contributed by atoms with Crippen LogP contribution in [-0.4, -0.2) is 85.3 Å². The molecule has 16 heteroatoms. The van der Waals surface area contributed by atoms with Gasteiger partial charge in [0.2, 0.25) is 0 Å². The number of aliphatic carboxylic acids is 1. The summed E-state index contributed by atoms with van der Waals surface area (Å²) in [6.07, 6.45) is 3.90. The van der Waals surface area contributed by atoms with Crippen molar-refractivity contribution in [3.63, 3.8) is 0 Å². The topological polar surface area (TPSA) is 329 Å². The summed E-state index contributed by atoms with van der Waals surface area (Å²) in [5.74, 6) is -0.666. The molecule has 0 heterocycles. The maximum atomic E-state index is 11.0. The number of hydrogen-bond donors (Lipinski definition) is 10. The van der Waals surface area contributed by atoms with Crippen LogP contribution in [0.4, 0.5) is 0 Å². The number of carboxylic acid groups (broad SMARTS) is 1. The highest BCUT2D eigenvalue weighted by Gasteiger charge is 2.10. The van der Waals surface area contributed by atoms with Crippen LogP contribution >= 0.6 is 0 Å². The van der Waals surface area contributed by atoms with Gasteiger partial charge in [0.25, 0.3) is 0 Å². The molecule has 0 amide bonds. The van der Waals surface area contributed by atoms with Crippen LogP contribution in [0.1, 0.15) is 52.4 Å². The van der Waals surface area contributed by atoms with Crippen LogP contribution in [0.25, 0.3) is 0 Å². The van der Waals surface area contributed by atoms with E-state index in [2.05, 4.69) is 20.3 Å². The van der Waals surface area contributed by atoms with E-state index in [-0.39, 0.29) is 41.5 Å². The van der Waals surface area contributed by atoms with E-state index in [1.54, 1.807) is 14.0 Å². The molecule has 0 spiro atoms. The van der Waals surface area contributed by atoms with Gasteiger partial charge in [0, 0.05) is 19.6 Å². The third-order valence-corrected chi connectivity index (χ3v) is 4.56. The summed E-state index contributed by atoms with van der Waals surface area (Å²) in [5.41, 5.74) is 41.3. The standard InChI is InChI=1S/C8H18N4O.C7H16N4O.C6H14N4O2/c1-6(13)7(11-2)4-3-5-12-8(9)10;1-5(12)6(8)3-2-4-11-7(9)10;7-4(5(11)12)2-1-3-10-6(8)9/h7,11H,3-5H2,1-2H3,(H4,9,10,12);6H,2-4,8H2,1H3,(H4,9,10,11);4H,1-3,7H2,(H,11,12)(H4,8,9,10). The van der Waals surface area contributed by atoms with Gasteiger partial charge in [-0.2, -0.15) is 0 Å². The molecule has 37 heavy (non-hydrogen) atoms. The van der Waals surface area contributed by atoms with Gasteiger partial charge in [-0.3, -0.25) is 29.4 Å². The zero-order valence-electron chi connectivity index (χ0n) is 22.2. The van der Waals surface area contributed by atoms with Crippen molar-refractivity contribution in [3.05, 3.63) is 0 Å². The van der Waals surface area contributed by atoms with E-state index in [0.717, 1.165) is 19.3 Å². The highest BCUT2D eigenvalue weighted by Crippen LogP contribution is 1.98. The number of carbonyl (C=O) groups excluding carboxylic acids is 2. The highest BCUT2D eigenvalue weighted by atomic mass is 16.4. The molecule has 3 atom stereocenters. The molecule has 216 valence electrons. The zero-order chi connectivity index (χ0) is 29.4. The normalized spacial score (nSPS) is 12.1. The summed E-state index contributed by atoms with van der Waals surface area (Å²) >= 11 is 0. The average molecular weight is 533 g/mol. The molecule has 18 N–H and O–H groups in total. The van der Waals surface area contributed by atoms with Crippen LogP contribution in [0.3, 0.4) is 0 Å². The summed E-state index contributed by atoms with van der Waals surface area (Å²) in [6.45, 7) is 4.58. The number of rotatable bonds is 16. The Balaban J connectivity index is -0.000000469. The first-order valence-corrected chi connectivity index (χ1v) is 11.7. The predicted octanol–water partition coefficient (Wildman–Crippen LogP) is -3.37. The average Bonchev–Trinajstić information content (AvgIpc) is 2.79. The highest BCUT2D eigenvalue weighted by molar-refractivity contribution is 5.81. The van der Waals surface area contributed by atoms with Crippen molar-refractivity contribution in [2.24, 2.45) is 60.8 Å². The van der Waals surface area contributed by atoms with E-state index >= 15 is 0 Å². The Hall–Kier alpha value is -3.50. The molecule has 16 nitrogen and oxygen atoms in total. The van der Waals surface area contributed by atoms with Crippen molar-refractivity contribution >= 4 is 35.4 Å². The molecule has 0 saturated carbocycles. The minimum Gasteiger partial charge on any atom is -0.480 e. The Morgan fingerprint density at radius 1 is 0.676 bits per heavy atom. The molecule has 0 aromatic heterocycles. The molecular weight excluding hydrogens is 484 g/mol. The van der Waals surface area contributed by atoms with Crippen molar-refractivity contribution in [2.45, 2.75) is 70.5 Å². The van der Waals surface area contributed by atoms with E-state index < -0.39 is 12.0 Å². The zero-order valence-corrected chi connectivity index (χ0v) is 22.2. The summed E-state index contributed by atoms with van der Waals surface area (Å²) in [5, 5.41) is 11.3. The van der Waals surface area contributed by atoms with Gasteiger partial charge in [0.05, 0.1) is 12.1 Å². The number of nitrogens with one attached hydrogen (secondary N) is 1. The number of aliphatic imine (C=N–C) groups is 3. The van der Waals surface area contributed by atoms with Gasteiger partial charge in [0.1, 0.15) is 17.6 Å². The summed E-state index contributed by atoms with van der Waals surface area (Å²) in [6, 6.07) is -1.27. The van der Waals surface area contributed by atoms with Crippen LogP contribution in [-0.2, 0) is 14.4 Å². The molecule has 0 aliphatic heterocycles. The Morgan fingerprint density at radius 2 is 1.03 bits per heavy atom. The molecule has 0 saturated heterocycles. The number of nitrogens with two attached hydrogens (primary N) is 8. The number of hydrogen-bond acceptors (Lipinski definition) is 9. The van der Waals surface area contributed by atoms with Gasteiger partial charge >= 0.3 is 5.97 Å². The van der Waals surface area contributed by atoms with Gasteiger partial charge < -0.3 is 56.3 Å². The van der Waals surface area contributed by atoms with Crippen molar-refractivity contribution in [1.29, 1.82) is 0 Å². The predicted molar refractivity (Wildman–Crippen MR) is 148 cm³/mol. The number of Topliss-reactive ketones (excluding diaryl/α,β-unsaturated/α-hetero) is 2. The number of nitrogens with zero attached hydrogens (tertiary/aromatic N) is 3. The summed E-state index contributed by atoms with van der Waals surface area (Å²) < 4.78 is 0. The maximum absolute atomic E-state index is 11.0. The fourth-order valence-corrected chi connectivity index (χ4v) is 2.42. The van der Waals surface area contributed by atoms with Crippen LogP contribution in [0.15, 0.2) is 15.0 Å². The van der Waals surface area contributed by atoms with Gasteiger partial charge in [-0.05, 0) is 59.4 Å². The lowest BCUT2D eigenvalue weighted by Crippen LogP contribution is -2.32. The lowest BCUT2D eigenvalue weighted by Gasteiger charge is -2.10. The van der Waals surface area contributed by atoms with E-state index in [4.69, 9.17) is 51.0 Å². The molecule has 0 aliphatic carbocycles. The minimum absolute atomic E-state index is 0.000278. The maximum Gasteiger partial charge on any atom is 0.320 e. The van der Waals surface area contributed by atoms with Crippen molar-refractivity contribution < 1.29 is 19.5 Å². The van der Waals surface area contributed by atoms with E-state index in [1.165, 1.54) is 6.92 Å². The van der Waals surface area contributed by atoms with Crippen LogP contribution in [0.2, 0.25) is 0 Å². The van der Waals surface area contributed by atoms with Crippen molar-refractivity contribution in [2.75, 3.05) is 26.7 Å². The van der Waals surface area contributed by atoms with E-state index in [0.29, 0.717) is 38.9 Å². The van der Waals surface area contributed by atoms with Crippen LogP contribution in [0, 0.1) is 0 Å². The first kappa shape index (κ1) is 38.0. The Bertz CT molecular complexity index is 691. The molecule has 0 fully saturated rings. The Morgan fingerprint density at radius 3 is 1.30 bits per heavy atom. The second-order valence-corrected chi connectivity index (χ2v) is 7.96. The summed E-state index contributed by atoms with van der Waals surface area (Å²) in [4.78, 5) is 43.1. The van der Waals surface area contributed by atoms with Gasteiger partial charge in [-0.25, -0.2) is 0 Å². The van der Waals surface area contributed by atoms with E-state index in [9.17, 15) is 14.4 Å². The summed E-state index contributed by atoms with van der Waals surface area (Å²) in [7, 11) is 1.77. The number of likely N-dealkylation sites (N-methyl/N-ethyl adjacent to an activating group) is 1. The smallest absolute Gasteiger partial charge is 0.320 e. The van der Waals surface area contributed by atoms with Gasteiger partial charge in [0.15, 0.2) is 17.9 Å². The molecule has 3 unspecified atom stereocenters. The third kappa shape index (κ3) is 30.5. The number of carbonyl (C=O) groups is 3. The molecule has 0 radical (unpaired) electrons. The van der Waals surface area contributed by atoms with Crippen LogP contribution in [0.5, 0.6) is 0 Å². The molecule has 0 aliphatic rings. The molecule has 0 aromatic carbocycles. The first-order valence-electron chi connectivity index (χ1n) is 11.7. The van der Waals surface area contributed by atoms with Crippen molar-refractivity contribution in [1.82, 2.24) is 5.32 Å². The van der Waals surface area contributed by atoms with E-state index in [1.807, 2.05) is 0 Å². The molecular formula is C21H48N12O4. The molecule has 0 aromatic rings. The Labute approximate surface area is 218 Å². The van der Waals surface area contributed by atoms with Crippen molar-refractivity contribution in [3.8, 4) is 0 Å². The first-order chi connectivity index (χ1) is 17.1. The van der Waals surface area contributed by atoms with Crippen LogP contribution < -0.4 is 51.2 Å². The molecule has 0 rings (SSSR count). The van der Waals surface area contributed by atoms with Gasteiger partial charge in [-0.15, -0.1) is 0 Å². The quantitative estimate of drug-likeness (QED) is 0.0527. The largest absolute Gasteiger partial charge is 0.480 e. The lowest BCUT2D eigenvalue weighted by molar-refractivity contribution is -0.138. The minimum atomic E-state index is -1.00. The SMILES string of the molecule is CC(=O)C(N)CCCN=C(N)N.CNC(CCCN=C(N)N)C(C)=O.NC(N)=NCCCC(N)C(=O)O. The van der Waals surface area contributed by atoms with Gasteiger partial charge in [-0.1, -0.05) is 0 Å². The number of carboxylic acids is 1. The second-order valence-electron chi connectivity index (χ2n) is 7.96. The Kier molecular flexibility index (Phi) is 24.9. The second kappa shape index (κ2) is 24.2. The monoisotopic (exact) mass is 532 g/mol. The lowest BCUT2D eigenvalue weighted by atomic mass is 10.1.